The van der Waals surface area contributed by atoms with E-state index >= 15 is 0 Å². The van der Waals surface area contributed by atoms with Gasteiger partial charge in [-0.3, -0.25) is 14.6 Å². The SMILES string of the molecule is CCOC(=O)[C@@H](C)C[C@@H](NC(=O)c1ccncc1)C(=O)O. The summed E-state index contributed by atoms with van der Waals surface area (Å²) in [6.07, 6.45) is 2.84. The molecule has 7 nitrogen and oxygen atoms in total. The fourth-order valence-corrected chi connectivity index (χ4v) is 1.70. The molecule has 0 saturated carbocycles. The molecule has 1 amide bonds. The first kappa shape index (κ1) is 16.6. The van der Waals surface area contributed by atoms with E-state index in [0.29, 0.717) is 5.56 Å². The molecule has 0 fully saturated rings. The Morgan fingerprint density at radius 3 is 2.48 bits per heavy atom. The summed E-state index contributed by atoms with van der Waals surface area (Å²) >= 11 is 0. The molecule has 1 heterocycles. The van der Waals surface area contributed by atoms with E-state index in [1.165, 1.54) is 24.5 Å². The lowest BCUT2D eigenvalue weighted by Gasteiger charge is -2.18. The van der Waals surface area contributed by atoms with E-state index in [1.54, 1.807) is 13.8 Å². The largest absolute Gasteiger partial charge is 0.480 e. The number of ether oxygens (including phenoxy) is 1. The second kappa shape index (κ2) is 7.98. The number of pyridine rings is 1. The number of hydrogen-bond donors (Lipinski definition) is 2. The molecule has 21 heavy (non-hydrogen) atoms. The maximum Gasteiger partial charge on any atom is 0.326 e. The Kier molecular flexibility index (Phi) is 6.32. The van der Waals surface area contributed by atoms with Gasteiger partial charge in [0.15, 0.2) is 0 Å². The molecule has 0 saturated heterocycles. The lowest BCUT2D eigenvalue weighted by molar-refractivity contribution is -0.148. The van der Waals surface area contributed by atoms with Crippen molar-refractivity contribution < 1.29 is 24.2 Å². The maximum absolute atomic E-state index is 11.9. The lowest BCUT2D eigenvalue weighted by atomic mass is 10.0. The van der Waals surface area contributed by atoms with Gasteiger partial charge in [0.1, 0.15) is 6.04 Å². The van der Waals surface area contributed by atoms with Crippen molar-refractivity contribution in [1.29, 1.82) is 0 Å². The molecule has 1 aromatic rings. The number of carboxylic acid groups (broad SMARTS) is 1. The number of amides is 1. The van der Waals surface area contributed by atoms with Crippen molar-refractivity contribution in [2.24, 2.45) is 5.92 Å². The number of carboxylic acids is 1. The highest BCUT2D eigenvalue weighted by Gasteiger charge is 2.26. The molecule has 0 spiro atoms. The van der Waals surface area contributed by atoms with Gasteiger partial charge in [-0.15, -0.1) is 0 Å². The molecule has 7 heteroatoms. The second-order valence-corrected chi connectivity index (χ2v) is 4.49. The maximum atomic E-state index is 11.9. The minimum atomic E-state index is -1.20. The Balaban J connectivity index is 2.68. The predicted octanol–water partition coefficient (Wildman–Crippen LogP) is 0.854. The molecule has 1 aromatic heterocycles. The average molecular weight is 294 g/mol. The van der Waals surface area contributed by atoms with E-state index < -0.39 is 29.8 Å². The van der Waals surface area contributed by atoms with E-state index in [9.17, 15) is 14.4 Å². The van der Waals surface area contributed by atoms with Crippen molar-refractivity contribution in [3.8, 4) is 0 Å². The molecule has 0 aliphatic rings. The first-order valence-corrected chi connectivity index (χ1v) is 6.56. The van der Waals surface area contributed by atoms with Crippen molar-refractivity contribution in [1.82, 2.24) is 10.3 Å². The zero-order chi connectivity index (χ0) is 15.8. The van der Waals surface area contributed by atoms with Crippen molar-refractivity contribution in [3.63, 3.8) is 0 Å². The summed E-state index contributed by atoms with van der Waals surface area (Å²) in [5.74, 6) is -2.83. The molecular formula is C14H18N2O5. The van der Waals surface area contributed by atoms with Crippen LogP contribution in [0.1, 0.15) is 30.6 Å². The number of aliphatic carboxylic acids is 1. The van der Waals surface area contributed by atoms with Crippen molar-refractivity contribution in [2.75, 3.05) is 6.61 Å². The zero-order valence-electron chi connectivity index (χ0n) is 11.9. The van der Waals surface area contributed by atoms with Gasteiger partial charge in [0, 0.05) is 18.0 Å². The molecule has 0 aliphatic carbocycles. The predicted molar refractivity (Wildman–Crippen MR) is 73.5 cm³/mol. The monoisotopic (exact) mass is 294 g/mol. The van der Waals surface area contributed by atoms with Crippen LogP contribution < -0.4 is 5.32 Å². The molecule has 0 unspecified atom stereocenters. The number of aromatic nitrogens is 1. The molecule has 0 bridgehead atoms. The topological polar surface area (TPSA) is 106 Å². The average Bonchev–Trinajstić information content (AvgIpc) is 2.47. The van der Waals surface area contributed by atoms with Crippen LogP contribution in [0.3, 0.4) is 0 Å². The van der Waals surface area contributed by atoms with Gasteiger partial charge in [0.05, 0.1) is 12.5 Å². The Labute approximate surface area is 122 Å². The summed E-state index contributed by atoms with van der Waals surface area (Å²) in [7, 11) is 0. The first-order valence-electron chi connectivity index (χ1n) is 6.56. The van der Waals surface area contributed by atoms with E-state index in [-0.39, 0.29) is 13.0 Å². The van der Waals surface area contributed by atoms with Crippen molar-refractivity contribution in [2.45, 2.75) is 26.3 Å². The number of carbonyl (C=O) groups excluding carboxylic acids is 2. The van der Waals surface area contributed by atoms with Gasteiger partial charge in [-0.05, 0) is 25.5 Å². The quantitative estimate of drug-likeness (QED) is 0.722. The van der Waals surface area contributed by atoms with Gasteiger partial charge in [0.2, 0.25) is 0 Å². The minimum absolute atomic E-state index is 0.0367. The van der Waals surface area contributed by atoms with Crippen LogP contribution in [0.5, 0.6) is 0 Å². The number of rotatable bonds is 7. The smallest absolute Gasteiger partial charge is 0.326 e. The molecule has 1 rings (SSSR count). The molecule has 2 N–H and O–H groups in total. The molecular weight excluding hydrogens is 276 g/mol. The fourth-order valence-electron chi connectivity index (χ4n) is 1.70. The van der Waals surface area contributed by atoms with Gasteiger partial charge in [0.25, 0.3) is 5.91 Å². The third-order valence-corrected chi connectivity index (χ3v) is 2.82. The second-order valence-electron chi connectivity index (χ2n) is 4.49. The van der Waals surface area contributed by atoms with Crippen LogP contribution >= 0.6 is 0 Å². The van der Waals surface area contributed by atoms with Crippen LogP contribution in [0, 0.1) is 5.92 Å². The molecule has 2 atom stereocenters. The van der Waals surface area contributed by atoms with Gasteiger partial charge >= 0.3 is 11.9 Å². The van der Waals surface area contributed by atoms with Crippen LogP contribution in [0.2, 0.25) is 0 Å². The van der Waals surface area contributed by atoms with E-state index in [4.69, 9.17) is 9.84 Å². The Morgan fingerprint density at radius 2 is 1.95 bits per heavy atom. The van der Waals surface area contributed by atoms with Crippen LogP contribution in [0.25, 0.3) is 0 Å². The molecule has 0 aromatic carbocycles. The normalized spacial score (nSPS) is 13.0. The summed E-state index contributed by atoms with van der Waals surface area (Å²) in [5, 5.41) is 11.5. The number of carbonyl (C=O) groups is 3. The van der Waals surface area contributed by atoms with Gasteiger partial charge in [-0.25, -0.2) is 4.79 Å². The Morgan fingerprint density at radius 1 is 1.33 bits per heavy atom. The Bertz CT molecular complexity index is 503. The van der Waals surface area contributed by atoms with Crippen LogP contribution in [0.4, 0.5) is 0 Å². The van der Waals surface area contributed by atoms with Gasteiger partial charge in [-0.1, -0.05) is 6.92 Å². The molecule has 114 valence electrons. The highest BCUT2D eigenvalue weighted by Crippen LogP contribution is 2.10. The Hall–Kier alpha value is -2.44. The number of esters is 1. The van der Waals surface area contributed by atoms with Crippen molar-refractivity contribution in [3.05, 3.63) is 30.1 Å². The third-order valence-electron chi connectivity index (χ3n) is 2.82. The fraction of sp³-hybridized carbons (Fsp3) is 0.429. The summed E-state index contributed by atoms with van der Waals surface area (Å²) in [4.78, 5) is 38.4. The number of hydrogen-bond acceptors (Lipinski definition) is 5. The van der Waals surface area contributed by atoms with E-state index in [2.05, 4.69) is 10.3 Å². The van der Waals surface area contributed by atoms with Crippen LogP contribution in [-0.2, 0) is 14.3 Å². The van der Waals surface area contributed by atoms with E-state index in [0.717, 1.165) is 0 Å². The lowest BCUT2D eigenvalue weighted by Crippen LogP contribution is -2.42. The standard InChI is InChI=1S/C14H18N2O5/c1-3-21-14(20)9(2)8-11(13(18)19)16-12(17)10-4-6-15-7-5-10/h4-7,9,11H,3,8H2,1-2H3,(H,16,17)(H,18,19)/t9-,11+/m0/s1. The minimum Gasteiger partial charge on any atom is -0.480 e. The summed E-state index contributed by atoms with van der Waals surface area (Å²) < 4.78 is 4.82. The van der Waals surface area contributed by atoms with Crippen LogP contribution in [0.15, 0.2) is 24.5 Å². The van der Waals surface area contributed by atoms with Gasteiger partial charge in [-0.2, -0.15) is 0 Å². The number of nitrogens with one attached hydrogen (secondary N) is 1. The molecule has 0 aliphatic heterocycles. The van der Waals surface area contributed by atoms with Crippen molar-refractivity contribution >= 4 is 17.8 Å². The highest BCUT2D eigenvalue weighted by atomic mass is 16.5. The summed E-state index contributed by atoms with van der Waals surface area (Å²) in [6, 6.07) is 1.79. The number of nitrogens with zero attached hydrogens (tertiary/aromatic N) is 1. The zero-order valence-corrected chi connectivity index (χ0v) is 11.9. The van der Waals surface area contributed by atoms with E-state index in [1.807, 2.05) is 0 Å². The summed E-state index contributed by atoms with van der Waals surface area (Å²) in [5.41, 5.74) is 0.306. The summed E-state index contributed by atoms with van der Waals surface area (Å²) in [6.45, 7) is 3.46. The van der Waals surface area contributed by atoms with Crippen LogP contribution in [-0.4, -0.2) is 40.6 Å². The first-order chi connectivity index (χ1) is 9.95. The molecule has 0 radical (unpaired) electrons. The third kappa shape index (κ3) is 5.21. The highest BCUT2D eigenvalue weighted by molar-refractivity contribution is 5.96. The van der Waals surface area contributed by atoms with Gasteiger partial charge < -0.3 is 15.2 Å².